The second-order valence-electron chi connectivity index (χ2n) is 4.45. The highest BCUT2D eigenvalue weighted by Crippen LogP contribution is 2.22. The maximum Gasteiger partial charge on any atom is 0.163 e. The van der Waals surface area contributed by atoms with E-state index in [0.29, 0.717) is 6.42 Å². The third-order valence-corrected chi connectivity index (χ3v) is 3.28. The highest BCUT2D eigenvalue weighted by atomic mass is 35.5. The van der Waals surface area contributed by atoms with Gasteiger partial charge in [-0.25, -0.2) is 0 Å². The summed E-state index contributed by atoms with van der Waals surface area (Å²) in [5, 5.41) is 0.723. The van der Waals surface area contributed by atoms with Gasteiger partial charge in [-0.15, -0.1) is 0 Å². The molecule has 0 unspecified atom stereocenters. The number of rotatable bonds is 4. The first-order chi connectivity index (χ1) is 8.66. The minimum Gasteiger partial charge on any atom is -0.294 e. The lowest BCUT2D eigenvalue weighted by atomic mass is 9.93. The van der Waals surface area contributed by atoms with Crippen molar-refractivity contribution in [2.75, 3.05) is 0 Å². The van der Waals surface area contributed by atoms with Crippen molar-refractivity contribution in [1.29, 1.82) is 0 Å². The SMILES string of the molecule is C[C@@H](CC(=O)c1ccccc1)c1ccc(Cl)cc1. The Morgan fingerprint density at radius 3 is 2.28 bits per heavy atom. The molecular formula is C16H15ClO. The summed E-state index contributed by atoms with van der Waals surface area (Å²) < 4.78 is 0. The first kappa shape index (κ1) is 12.8. The van der Waals surface area contributed by atoms with Crippen LogP contribution in [0.25, 0.3) is 0 Å². The van der Waals surface area contributed by atoms with Gasteiger partial charge in [-0.05, 0) is 23.6 Å². The molecule has 0 amide bonds. The number of halogens is 1. The fraction of sp³-hybridized carbons (Fsp3) is 0.188. The summed E-state index contributed by atoms with van der Waals surface area (Å²) in [6.45, 7) is 2.06. The van der Waals surface area contributed by atoms with Gasteiger partial charge in [0.1, 0.15) is 0 Å². The predicted octanol–water partition coefficient (Wildman–Crippen LogP) is 4.72. The van der Waals surface area contributed by atoms with Crippen LogP contribution < -0.4 is 0 Å². The van der Waals surface area contributed by atoms with Gasteiger partial charge in [0, 0.05) is 17.0 Å². The molecule has 0 saturated heterocycles. The van der Waals surface area contributed by atoms with Gasteiger partial charge in [-0.2, -0.15) is 0 Å². The van der Waals surface area contributed by atoms with Gasteiger partial charge in [0.05, 0.1) is 0 Å². The highest BCUT2D eigenvalue weighted by molar-refractivity contribution is 6.30. The van der Waals surface area contributed by atoms with E-state index in [1.807, 2.05) is 54.6 Å². The van der Waals surface area contributed by atoms with E-state index in [9.17, 15) is 4.79 Å². The molecule has 0 heterocycles. The molecule has 2 aromatic rings. The number of Topliss-reactive ketones (excluding diaryl/α,β-unsaturated/α-hetero) is 1. The van der Waals surface area contributed by atoms with Crippen LogP contribution in [0.2, 0.25) is 5.02 Å². The van der Waals surface area contributed by atoms with Gasteiger partial charge in [-0.3, -0.25) is 4.79 Å². The fourth-order valence-corrected chi connectivity index (χ4v) is 2.06. The van der Waals surface area contributed by atoms with E-state index in [1.165, 1.54) is 0 Å². The van der Waals surface area contributed by atoms with E-state index in [4.69, 9.17) is 11.6 Å². The van der Waals surface area contributed by atoms with E-state index < -0.39 is 0 Å². The lowest BCUT2D eigenvalue weighted by Gasteiger charge is -2.11. The van der Waals surface area contributed by atoms with Crippen molar-refractivity contribution in [2.45, 2.75) is 19.3 Å². The second-order valence-corrected chi connectivity index (χ2v) is 4.88. The third-order valence-electron chi connectivity index (χ3n) is 3.03. The Kier molecular flexibility index (Phi) is 4.16. The summed E-state index contributed by atoms with van der Waals surface area (Å²) in [4.78, 5) is 12.1. The average molecular weight is 259 g/mol. The molecule has 1 atom stereocenters. The third kappa shape index (κ3) is 3.21. The number of ketones is 1. The standard InChI is InChI=1S/C16H15ClO/c1-12(13-7-9-15(17)10-8-13)11-16(18)14-5-3-2-4-6-14/h2-10,12H,11H2,1H3/t12-/m0/s1. The Morgan fingerprint density at radius 2 is 1.67 bits per heavy atom. The van der Waals surface area contributed by atoms with E-state index in [-0.39, 0.29) is 11.7 Å². The lowest BCUT2D eigenvalue weighted by molar-refractivity contribution is 0.0975. The molecular weight excluding hydrogens is 244 g/mol. The van der Waals surface area contributed by atoms with Crippen molar-refractivity contribution in [2.24, 2.45) is 0 Å². The first-order valence-electron chi connectivity index (χ1n) is 6.00. The maximum atomic E-state index is 12.1. The van der Waals surface area contributed by atoms with E-state index in [1.54, 1.807) is 0 Å². The fourth-order valence-electron chi connectivity index (χ4n) is 1.93. The zero-order valence-corrected chi connectivity index (χ0v) is 11.0. The summed E-state index contributed by atoms with van der Waals surface area (Å²) in [5.41, 5.74) is 1.92. The summed E-state index contributed by atoms with van der Waals surface area (Å²) in [6.07, 6.45) is 0.519. The minimum absolute atomic E-state index is 0.179. The number of carbonyl (C=O) groups excluding carboxylic acids is 1. The molecule has 0 spiro atoms. The largest absolute Gasteiger partial charge is 0.294 e. The number of carbonyl (C=O) groups is 1. The molecule has 0 aromatic heterocycles. The van der Waals surface area contributed by atoms with Crippen LogP contribution in [0, 0.1) is 0 Å². The van der Waals surface area contributed by atoms with Crippen LogP contribution in [0.4, 0.5) is 0 Å². The monoisotopic (exact) mass is 258 g/mol. The van der Waals surface area contributed by atoms with Crippen molar-refractivity contribution >= 4 is 17.4 Å². The van der Waals surface area contributed by atoms with Gasteiger partial charge in [0.25, 0.3) is 0 Å². The quantitative estimate of drug-likeness (QED) is 0.726. The molecule has 0 aliphatic carbocycles. The number of benzene rings is 2. The topological polar surface area (TPSA) is 17.1 Å². The molecule has 2 heteroatoms. The Balaban J connectivity index is 2.06. The molecule has 0 fully saturated rings. The maximum absolute atomic E-state index is 12.1. The molecule has 1 nitrogen and oxygen atoms in total. The Morgan fingerprint density at radius 1 is 1.06 bits per heavy atom. The molecule has 2 rings (SSSR count). The van der Waals surface area contributed by atoms with Crippen LogP contribution in [0.1, 0.15) is 35.2 Å². The smallest absolute Gasteiger partial charge is 0.163 e. The van der Waals surface area contributed by atoms with Crippen LogP contribution in [-0.2, 0) is 0 Å². The van der Waals surface area contributed by atoms with E-state index in [0.717, 1.165) is 16.1 Å². The lowest BCUT2D eigenvalue weighted by Crippen LogP contribution is -2.04. The normalized spacial score (nSPS) is 12.1. The molecule has 18 heavy (non-hydrogen) atoms. The summed E-state index contributed by atoms with van der Waals surface area (Å²) in [5.74, 6) is 0.382. The van der Waals surface area contributed by atoms with Gasteiger partial charge in [0.2, 0.25) is 0 Å². The molecule has 0 aliphatic rings. The molecule has 0 aliphatic heterocycles. The average Bonchev–Trinajstić information content (AvgIpc) is 2.40. The van der Waals surface area contributed by atoms with E-state index >= 15 is 0 Å². The Bertz CT molecular complexity index is 517. The summed E-state index contributed by atoms with van der Waals surface area (Å²) >= 11 is 5.85. The van der Waals surface area contributed by atoms with Crippen LogP contribution in [0.5, 0.6) is 0 Å². The number of hydrogen-bond donors (Lipinski definition) is 0. The van der Waals surface area contributed by atoms with Gasteiger partial charge < -0.3 is 0 Å². The van der Waals surface area contributed by atoms with Crippen molar-refractivity contribution in [1.82, 2.24) is 0 Å². The van der Waals surface area contributed by atoms with Crippen molar-refractivity contribution in [3.8, 4) is 0 Å². The van der Waals surface area contributed by atoms with Crippen LogP contribution in [-0.4, -0.2) is 5.78 Å². The predicted molar refractivity (Wildman–Crippen MR) is 75.3 cm³/mol. The number of hydrogen-bond acceptors (Lipinski definition) is 1. The minimum atomic E-state index is 0.179. The summed E-state index contributed by atoms with van der Waals surface area (Å²) in [6, 6.07) is 17.1. The molecule has 0 saturated carbocycles. The summed E-state index contributed by atoms with van der Waals surface area (Å²) in [7, 11) is 0. The van der Waals surface area contributed by atoms with Gasteiger partial charge in [-0.1, -0.05) is 61.0 Å². The Labute approximate surface area is 112 Å². The molecule has 0 N–H and O–H groups in total. The molecule has 0 radical (unpaired) electrons. The molecule has 0 bridgehead atoms. The van der Waals surface area contributed by atoms with Crippen molar-refractivity contribution < 1.29 is 4.79 Å². The Hall–Kier alpha value is -1.60. The molecule has 92 valence electrons. The van der Waals surface area contributed by atoms with E-state index in [2.05, 4.69) is 6.92 Å². The zero-order chi connectivity index (χ0) is 13.0. The van der Waals surface area contributed by atoms with Crippen LogP contribution >= 0.6 is 11.6 Å². The van der Waals surface area contributed by atoms with Crippen LogP contribution in [0.15, 0.2) is 54.6 Å². The van der Waals surface area contributed by atoms with Gasteiger partial charge >= 0.3 is 0 Å². The highest BCUT2D eigenvalue weighted by Gasteiger charge is 2.12. The van der Waals surface area contributed by atoms with Crippen molar-refractivity contribution in [3.05, 3.63) is 70.7 Å². The van der Waals surface area contributed by atoms with Crippen LogP contribution in [0.3, 0.4) is 0 Å². The zero-order valence-electron chi connectivity index (χ0n) is 10.3. The first-order valence-corrected chi connectivity index (χ1v) is 6.38. The van der Waals surface area contributed by atoms with Gasteiger partial charge in [0.15, 0.2) is 5.78 Å². The van der Waals surface area contributed by atoms with Crippen molar-refractivity contribution in [3.63, 3.8) is 0 Å². The second kappa shape index (κ2) is 5.83. The molecule has 2 aromatic carbocycles.